The van der Waals surface area contributed by atoms with Crippen LogP contribution in [0.5, 0.6) is 11.5 Å². The van der Waals surface area contributed by atoms with Crippen LogP contribution in [0.15, 0.2) is 46.9 Å². The Morgan fingerprint density at radius 2 is 1.60 bits per heavy atom. The zero-order valence-electron chi connectivity index (χ0n) is 11.5. The van der Waals surface area contributed by atoms with Crippen LogP contribution in [-0.2, 0) is 6.42 Å². The number of aliphatic hydroxyl groups is 1. The summed E-state index contributed by atoms with van der Waals surface area (Å²) in [5.41, 5.74) is 1.87. The third-order valence-corrected chi connectivity index (χ3v) is 3.94. The highest BCUT2D eigenvalue weighted by Crippen LogP contribution is 2.28. The van der Waals surface area contributed by atoms with Crippen molar-refractivity contribution in [2.75, 3.05) is 14.2 Å². The molecule has 1 unspecified atom stereocenters. The third kappa shape index (κ3) is 3.52. The summed E-state index contributed by atoms with van der Waals surface area (Å²) in [6, 6.07) is 13.2. The molecule has 0 fully saturated rings. The average molecular weight is 337 g/mol. The van der Waals surface area contributed by atoms with E-state index in [1.807, 2.05) is 42.5 Å². The number of methoxy groups -OCH3 is 2. The number of benzene rings is 2. The van der Waals surface area contributed by atoms with Crippen molar-refractivity contribution in [2.24, 2.45) is 0 Å². The second kappa shape index (κ2) is 6.77. The van der Waals surface area contributed by atoms with Crippen molar-refractivity contribution in [3.8, 4) is 11.5 Å². The second-order valence-corrected chi connectivity index (χ2v) is 5.30. The monoisotopic (exact) mass is 336 g/mol. The van der Waals surface area contributed by atoms with Crippen molar-refractivity contribution in [1.82, 2.24) is 0 Å². The largest absolute Gasteiger partial charge is 0.497 e. The third-order valence-electron chi connectivity index (χ3n) is 3.17. The molecule has 2 aromatic carbocycles. The van der Waals surface area contributed by atoms with Crippen LogP contribution in [0.4, 0.5) is 0 Å². The predicted octanol–water partition coefficient (Wildman–Crippen LogP) is 3.74. The van der Waals surface area contributed by atoms with E-state index in [4.69, 9.17) is 9.47 Å². The van der Waals surface area contributed by atoms with E-state index < -0.39 is 6.10 Å². The lowest BCUT2D eigenvalue weighted by Gasteiger charge is -2.14. The van der Waals surface area contributed by atoms with Gasteiger partial charge in [0, 0.05) is 10.9 Å². The minimum atomic E-state index is -0.565. The van der Waals surface area contributed by atoms with Gasteiger partial charge >= 0.3 is 0 Å². The van der Waals surface area contributed by atoms with E-state index in [1.54, 1.807) is 14.2 Å². The molecule has 0 saturated carbocycles. The Morgan fingerprint density at radius 3 is 2.20 bits per heavy atom. The number of ether oxygens (including phenoxy) is 2. The van der Waals surface area contributed by atoms with Crippen LogP contribution in [0.25, 0.3) is 0 Å². The van der Waals surface area contributed by atoms with E-state index in [1.165, 1.54) is 0 Å². The average Bonchev–Trinajstić information content (AvgIpc) is 2.49. The maximum Gasteiger partial charge on any atom is 0.119 e. The van der Waals surface area contributed by atoms with Crippen molar-refractivity contribution in [1.29, 1.82) is 0 Å². The number of rotatable bonds is 5. The van der Waals surface area contributed by atoms with Gasteiger partial charge in [0.15, 0.2) is 0 Å². The van der Waals surface area contributed by atoms with Gasteiger partial charge in [0.1, 0.15) is 11.5 Å². The van der Waals surface area contributed by atoms with Crippen LogP contribution in [-0.4, -0.2) is 19.3 Å². The van der Waals surface area contributed by atoms with Gasteiger partial charge in [-0.05, 0) is 41.5 Å². The maximum absolute atomic E-state index is 10.3. The van der Waals surface area contributed by atoms with Crippen molar-refractivity contribution in [3.63, 3.8) is 0 Å². The number of hydrogen-bond donors (Lipinski definition) is 1. The first-order chi connectivity index (χ1) is 9.63. The fourth-order valence-electron chi connectivity index (χ4n) is 1.99. The van der Waals surface area contributed by atoms with Crippen LogP contribution < -0.4 is 9.47 Å². The van der Waals surface area contributed by atoms with Crippen LogP contribution in [0.3, 0.4) is 0 Å². The van der Waals surface area contributed by atoms with Crippen molar-refractivity contribution < 1.29 is 14.6 Å². The Bertz CT molecular complexity index is 566. The maximum atomic E-state index is 10.3. The van der Waals surface area contributed by atoms with Crippen molar-refractivity contribution in [3.05, 3.63) is 58.1 Å². The van der Waals surface area contributed by atoms with Crippen LogP contribution >= 0.6 is 15.9 Å². The van der Waals surface area contributed by atoms with Crippen LogP contribution in [0.2, 0.25) is 0 Å². The van der Waals surface area contributed by atoms with Crippen molar-refractivity contribution in [2.45, 2.75) is 12.5 Å². The zero-order valence-corrected chi connectivity index (χ0v) is 13.1. The molecule has 2 aromatic rings. The van der Waals surface area contributed by atoms with Gasteiger partial charge in [-0.3, -0.25) is 0 Å². The first-order valence-corrected chi connectivity index (χ1v) is 7.07. The number of hydrogen-bond acceptors (Lipinski definition) is 3. The van der Waals surface area contributed by atoms with Crippen molar-refractivity contribution >= 4 is 15.9 Å². The molecule has 2 rings (SSSR count). The molecule has 0 bridgehead atoms. The second-order valence-electron chi connectivity index (χ2n) is 4.45. The summed E-state index contributed by atoms with van der Waals surface area (Å²) in [4.78, 5) is 0. The van der Waals surface area contributed by atoms with Gasteiger partial charge in [-0.1, -0.05) is 28.1 Å². The SMILES string of the molecule is COc1ccc(C(O)Cc2cc(OC)ccc2Br)cc1. The molecule has 0 saturated heterocycles. The Kier molecular flexibility index (Phi) is 5.04. The summed E-state index contributed by atoms with van der Waals surface area (Å²) in [5, 5.41) is 10.3. The highest BCUT2D eigenvalue weighted by molar-refractivity contribution is 9.10. The Labute approximate surface area is 127 Å². The van der Waals surface area contributed by atoms with Gasteiger partial charge in [0.2, 0.25) is 0 Å². The van der Waals surface area contributed by atoms with E-state index in [-0.39, 0.29) is 0 Å². The van der Waals surface area contributed by atoms with Gasteiger partial charge in [-0.25, -0.2) is 0 Å². The standard InChI is InChI=1S/C16H17BrO3/c1-19-13-5-3-11(4-6-13)16(18)10-12-9-14(20-2)7-8-15(12)17/h3-9,16,18H,10H2,1-2H3. The minimum absolute atomic E-state index is 0.518. The lowest BCUT2D eigenvalue weighted by molar-refractivity contribution is 0.178. The fourth-order valence-corrected chi connectivity index (χ4v) is 2.40. The molecule has 0 aromatic heterocycles. The first-order valence-electron chi connectivity index (χ1n) is 6.28. The molecule has 0 heterocycles. The summed E-state index contributed by atoms with van der Waals surface area (Å²) in [7, 11) is 3.26. The molecular weight excluding hydrogens is 320 g/mol. The molecule has 1 atom stereocenters. The fraction of sp³-hybridized carbons (Fsp3) is 0.250. The Hall–Kier alpha value is -1.52. The summed E-state index contributed by atoms with van der Waals surface area (Å²) < 4.78 is 11.3. The molecule has 0 spiro atoms. The van der Waals surface area contributed by atoms with Gasteiger partial charge in [0.05, 0.1) is 20.3 Å². The van der Waals surface area contributed by atoms with Crippen LogP contribution in [0.1, 0.15) is 17.2 Å². The van der Waals surface area contributed by atoms with E-state index >= 15 is 0 Å². The number of halogens is 1. The molecule has 4 heteroatoms. The summed E-state index contributed by atoms with van der Waals surface area (Å²) >= 11 is 3.50. The lowest BCUT2D eigenvalue weighted by Crippen LogP contribution is -2.02. The molecule has 106 valence electrons. The minimum Gasteiger partial charge on any atom is -0.497 e. The predicted molar refractivity (Wildman–Crippen MR) is 82.4 cm³/mol. The molecular formula is C16H17BrO3. The molecule has 3 nitrogen and oxygen atoms in total. The van der Waals surface area contributed by atoms with E-state index in [2.05, 4.69) is 15.9 Å². The van der Waals surface area contributed by atoms with E-state index in [9.17, 15) is 5.11 Å². The van der Waals surface area contributed by atoms with Crippen LogP contribution in [0, 0.1) is 0 Å². The Balaban J connectivity index is 2.15. The highest BCUT2D eigenvalue weighted by Gasteiger charge is 2.11. The molecule has 0 radical (unpaired) electrons. The first kappa shape index (κ1) is 14.9. The van der Waals surface area contributed by atoms with E-state index in [0.29, 0.717) is 6.42 Å². The summed E-state index contributed by atoms with van der Waals surface area (Å²) in [6.07, 6.45) is -0.0475. The highest BCUT2D eigenvalue weighted by atomic mass is 79.9. The summed E-state index contributed by atoms with van der Waals surface area (Å²) in [6.45, 7) is 0. The molecule has 0 amide bonds. The lowest BCUT2D eigenvalue weighted by atomic mass is 10.0. The normalized spacial score (nSPS) is 12.0. The Morgan fingerprint density at radius 1 is 1.00 bits per heavy atom. The molecule has 0 aliphatic rings. The van der Waals surface area contributed by atoms with Gasteiger partial charge < -0.3 is 14.6 Å². The zero-order chi connectivity index (χ0) is 14.5. The quantitative estimate of drug-likeness (QED) is 0.903. The molecule has 0 aliphatic heterocycles. The number of aliphatic hydroxyl groups excluding tert-OH is 1. The smallest absolute Gasteiger partial charge is 0.119 e. The topological polar surface area (TPSA) is 38.7 Å². The van der Waals surface area contributed by atoms with Gasteiger partial charge in [-0.15, -0.1) is 0 Å². The summed E-state index contributed by atoms with van der Waals surface area (Å²) in [5.74, 6) is 1.56. The van der Waals surface area contributed by atoms with Gasteiger partial charge in [-0.2, -0.15) is 0 Å². The van der Waals surface area contributed by atoms with E-state index in [0.717, 1.165) is 27.1 Å². The van der Waals surface area contributed by atoms with Gasteiger partial charge in [0.25, 0.3) is 0 Å². The molecule has 0 aliphatic carbocycles. The molecule has 20 heavy (non-hydrogen) atoms. The molecule has 1 N–H and O–H groups in total.